The van der Waals surface area contributed by atoms with Gasteiger partial charge in [-0.1, -0.05) is 0 Å². The van der Waals surface area contributed by atoms with Crippen molar-refractivity contribution in [1.82, 2.24) is 0 Å². The van der Waals surface area contributed by atoms with Crippen LogP contribution in [0.4, 0.5) is 22.0 Å². The van der Waals surface area contributed by atoms with Crippen LogP contribution in [0.25, 0.3) is 0 Å². The summed E-state index contributed by atoms with van der Waals surface area (Å²) in [5.74, 6) is -9.64. The van der Waals surface area contributed by atoms with Gasteiger partial charge in [-0.3, -0.25) is 0 Å². The predicted octanol–water partition coefficient (Wildman–Crippen LogP) is 0.721. The minimum Gasteiger partial charge on any atom is -0.386 e. The summed E-state index contributed by atoms with van der Waals surface area (Å²) in [7, 11) is 0. The SMILES string of the molecule is O=C1OC(=O)C(F)(CF)C(F)C1(F)F. The molecule has 0 spiro atoms. The Hall–Kier alpha value is -1.21. The first-order valence-electron chi connectivity index (χ1n) is 3.30. The second-order valence-corrected chi connectivity index (χ2v) is 2.66. The van der Waals surface area contributed by atoms with Crippen molar-refractivity contribution in [3.05, 3.63) is 0 Å². The van der Waals surface area contributed by atoms with Crippen molar-refractivity contribution >= 4 is 11.9 Å². The van der Waals surface area contributed by atoms with E-state index in [1.54, 1.807) is 0 Å². The molecule has 0 N–H and O–H groups in total. The van der Waals surface area contributed by atoms with Gasteiger partial charge >= 0.3 is 17.9 Å². The fourth-order valence-corrected chi connectivity index (χ4v) is 0.854. The summed E-state index contributed by atoms with van der Waals surface area (Å²) in [5, 5.41) is 0. The Bertz CT molecular complexity index is 291. The average Bonchev–Trinajstić information content (AvgIpc) is 2.13. The zero-order valence-electron chi connectivity index (χ0n) is 6.40. The molecule has 0 aliphatic carbocycles. The third-order valence-electron chi connectivity index (χ3n) is 1.71. The summed E-state index contributed by atoms with van der Waals surface area (Å²) >= 11 is 0. The van der Waals surface area contributed by atoms with E-state index in [1.807, 2.05) is 0 Å². The van der Waals surface area contributed by atoms with Gasteiger partial charge in [-0.05, 0) is 0 Å². The van der Waals surface area contributed by atoms with Crippen LogP contribution in [0.2, 0.25) is 0 Å². The zero-order chi connectivity index (χ0) is 11.1. The summed E-state index contributed by atoms with van der Waals surface area (Å²) in [5.41, 5.74) is -4.11. The predicted molar refractivity (Wildman–Crippen MR) is 30.8 cm³/mol. The van der Waals surface area contributed by atoms with Crippen LogP contribution in [0.15, 0.2) is 0 Å². The van der Waals surface area contributed by atoms with Gasteiger partial charge in [-0.15, -0.1) is 0 Å². The number of esters is 2. The molecule has 2 unspecified atom stereocenters. The minimum atomic E-state index is -4.85. The van der Waals surface area contributed by atoms with Crippen LogP contribution in [0, 0.1) is 0 Å². The van der Waals surface area contributed by atoms with Gasteiger partial charge < -0.3 is 4.74 Å². The minimum absolute atomic E-state index is 2.27. The third kappa shape index (κ3) is 1.17. The maximum Gasteiger partial charge on any atom is 0.388 e. The lowest BCUT2D eigenvalue weighted by Crippen LogP contribution is -2.63. The molecule has 1 saturated heterocycles. The molecule has 0 bridgehead atoms. The molecule has 0 amide bonds. The van der Waals surface area contributed by atoms with Crippen molar-refractivity contribution < 1.29 is 36.3 Å². The number of carbonyl (C=O) groups is 2. The van der Waals surface area contributed by atoms with Crippen molar-refractivity contribution in [1.29, 1.82) is 0 Å². The maximum absolute atomic E-state index is 12.9. The maximum atomic E-state index is 12.9. The lowest BCUT2D eigenvalue weighted by molar-refractivity contribution is -0.223. The van der Waals surface area contributed by atoms with Gasteiger partial charge in [0.15, 0.2) is 0 Å². The number of halogens is 5. The summed E-state index contributed by atoms with van der Waals surface area (Å²) in [6, 6.07) is 0. The Kier molecular flexibility index (Phi) is 2.24. The van der Waals surface area contributed by atoms with Gasteiger partial charge in [0, 0.05) is 0 Å². The molecule has 2 atom stereocenters. The van der Waals surface area contributed by atoms with Gasteiger partial charge in [-0.25, -0.2) is 22.8 Å². The fourth-order valence-electron chi connectivity index (χ4n) is 0.854. The van der Waals surface area contributed by atoms with E-state index in [0.717, 1.165) is 0 Å². The number of carbonyl (C=O) groups excluding carboxylic acids is 2. The van der Waals surface area contributed by atoms with E-state index in [-0.39, 0.29) is 0 Å². The van der Waals surface area contributed by atoms with E-state index in [2.05, 4.69) is 4.74 Å². The first-order chi connectivity index (χ1) is 6.26. The molecule has 1 aliphatic heterocycles. The Labute approximate surface area is 73.8 Å². The number of alkyl halides is 5. The van der Waals surface area contributed by atoms with Gasteiger partial charge in [0.05, 0.1) is 0 Å². The molecule has 0 radical (unpaired) electrons. The normalized spacial score (nSPS) is 36.8. The largest absolute Gasteiger partial charge is 0.388 e. The average molecular weight is 218 g/mol. The summed E-state index contributed by atoms with van der Waals surface area (Å²) < 4.78 is 65.5. The van der Waals surface area contributed by atoms with Crippen molar-refractivity contribution in [2.45, 2.75) is 17.8 Å². The fraction of sp³-hybridized carbons (Fsp3) is 0.667. The van der Waals surface area contributed by atoms with Crippen LogP contribution in [-0.2, 0) is 14.3 Å². The lowest BCUT2D eigenvalue weighted by atomic mass is 9.94. The van der Waals surface area contributed by atoms with Crippen molar-refractivity contribution in [2.24, 2.45) is 0 Å². The molecular formula is C6H3F5O3. The van der Waals surface area contributed by atoms with Crippen molar-refractivity contribution in [3.8, 4) is 0 Å². The summed E-state index contributed by atoms with van der Waals surface area (Å²) in [6.45, 7) is -2.32. The van der Waals surface area contributed by atoms with E-state index in [1.165, 1.54) is 0 Å². The van der Waals surface area contributed by atoms with Crippen LogP contribution in [0.3, 0.4) is 0 Å². The quantitative estimate of drug-likeness (QED) is 0.370. The van der Waals surface area contributed by atoms with E-state index >= 15 is 0 Å². The molecule has 1 fully saturated rings. The molecule has 3 nitrogen and oxygen atoms in total. The highest BCUT2D eigenvalue weighted by molar-refractivity contribution is 5.98. The molecule has 1 rings (SSSR count). The van der Waals surface area contributed by atoms with Gasteiger partial charge in [0.1, 0.15) is 6.67 Å². The first-order valence-corrected chi connectivity index (χ1v) is 3.30. The Morgan fingerprint density at radius 3 is 2.14 bits per heavy atom. The number of ether oxygens (including phenoxy) is 1. The number of rotatable bonds is 1. The number of hydrogen-bond donors (Lipinski definition) is 0. The Morgan fingerprint density at radius 1 is 1.21 bits per heavy atom. The highest BCUT2D eigenvalue weighted by Gasteiger charge is 2.69. The van der Waals surface area contributed by atoms with Crippen molar-refractivity contribution in [3.63, 3.8) is 0 Å². The topological polar surface area (TPSA) is 43.4 Å². The molecule has 1 aliphatic rings. The number of hydrogen-bond acceptors (Lipinski definition) is 3. The molecular weight excluding hydrogens is 215 g/mol. The second kappa shape index (κ2) is 2.89. The summed E-state index contributed by atoms with van der Waals surface area (Å²) in [6.07, 6.45) is -3.87. The van der Waals surface area contributed by atoms with E-state index in [0.29, 0.717) is 0 Å². The van der Waals surface area contributed by atoms with Crippen LogP contribution < -0.4 is 0 Å². The molecule has 0 aromatic rings. The van der Waals surface area contributed by atoms with Crippen LogP contribution in [-0.4, -0.2) is 36.4 Å². The molecule has 8 heteroatoms. The standard InChI is InChI=1S/C6H3F5O3/c7-1-5(9)2(8)6(10,11)4(13)14-3(5)12/h2H,1H2. The van der Waals surface area contributed by atoms with Crippen LogP contribution in [0.5, 0.6) is 0 Å². The second-order valence-electron chi connectivity index (χ2n) is 2.66. The highest BCUT2D eigenvalue weighted by Crippen LogP contribution is 2.39. The molecule has 0 saturated carbocycles. The number of cyclic esters (lactones) is 2. The molecule has 1 heterocycles. The summed E-state index contributed by atoms with van der Waals surface area (Å²) in [4.78, 5) is 20.6. The van der Waals surface area contributed by atoms with Gasteiger partial charge in [0.2, 0.25) is 6.17 Å². The third-order valence-corrected chi connectivity index (χ3v) is 1.71. The Balaban J connectivity index is 3.13. The van der Waals surface area contributed by atoms with E-state index in [9.17, 15) is 31.5 Å². The van der Waals surface area contributed by atoms with Crippen LogP contribution >= 0.6 is 0 Å². The first kappa shape index (κ1) is 10.9. The van der Waals surface area contributed by atoms with Crippen LogP contribution in [0.1, 0.15) is 0 Å². The van der Waals surface area contributed by atoms with E-state index in [4.69, 9.17) is 0 Å². The highest BCUT2D eigenvalue weighted by atomic mass is 19.3. The molecule has 0 aromatic carbocycles. The smallest absolute Gasteiger partial charge is 0.386 e. The van der Waals surface area contributed by atoms with E-state index < -0.39 is 36.4 Å². The van der Waals surface area contributed by atoms with Gasteiger partial charge in [-0.2, -0.15) is 8.78 Å². The molecule has 14 heavy (non-hydrogen) atoms. The van der Waals surface area contributed by atoms with Gasteiger partial charge in [0.25, 0.3) is 5.67 Å². The molecule has 80 valence electrons. The molecule has 0 aromatic heterocycles. The van der Waals surface area contributed by atoms with Crippen molar-refractivity contribution in [2.75, 3.05) is 6.67 Å². The monoisotopic (exact) mass is 218 g/mol. The zero-order valence-corrected chi connectivity index (χ0v) is 6.40. The lowest BCUT2D eigenvalue weighted by Gasteiger charge is -2.32. The Morgan fingerprint density at radius 2 is 1.71 bits per heavy atom.